The van der Waals surface area contributed by atoms with Crippen molar-refractivity contribution in [1.82, 2.24) is 0 Å². The molecule has 28 aromatic rings. The van der Waals surface area contributed by atoms with Crippen molar-refractivity contribution >= 4 is 297 Å². The zero-order valence-corrected chi connectivity index (χ0v) is 34.4. The molecule has 68 heavy (non-hydrogen) atoms. The molecule has 0 amide bonds. The van der Waals surface area contributed by atoms with Gasteiger partial charge < -0.3 is 0 Å². The third kappa shape index (κ3) is 1.21. The lowest BCUT2D eigenvalue weighted by molar-refractivity contribution is -0.118. The second-order valence-electron chi connectivity index (χ2n) is 25.5. The third-order valence-electron chi connectivity index (χ3n) is 25.7. The van der Waals surface area contributed by atoms with Crippen molar-refractivity contribution in [2.45, 2.75) is 10.8 Å². The number of benzene rings is 18. The fraction of sp³-hybridized carbons (Fsp3) is 0.0597. The Morgan fingerprint density at radius 1 is 0.206 bits per heavy atom. The second-order valence-corrected chi connectivity index (χ2v) is 25.5. The molecule has 2 atom stereocenters. The van der Waals surface area contributed by atoms with E-state index in [9.17, 15) is 0 Å². The van der Waals surface area contributed by atoms with Crippen LogP contribution in [0, 0.1) is 11.8 Å². The second kappa shape index (κ2) is 5.35. The molecule has 7 aliphatic carbocycles. The molecule has 0 saturated carbocycles. The van der Waals surface area contributed by atoms with Crippen LogP contribution < -0.4 is 0 Å². The topological polar surface area (TPSA) is 17.1 Å². The average Bonchev–Trinajstić information content (AvgIpc) is 4.22. The molecule has 1 heteroatoms. The van der Waals surface area contributed by atoms with E-state index in [1.807, 2.05) is 0 Å². The maximum Gasteiger partial charge on any atom is 0.163 e. The predicted molar refractivity (Wildman–Crippen MR) is 284 cm³/mol. The Labute approximate surface area is 368 Å². The van der Waals surface area contributed by atoms with Gasteiger partial charge in [-0.15, -0.1) is 0 Å². The van der Waals surface area contributed by atoms with E-state index in [0.29, 0.717) is 5.78 Å². The van der Waals surface area contributed by atoms with Crippen molar-refractivity contribution in [2.24, 2.45) is 11.8 Å². The largest absolute Gasteiger partial charge is 0.294 e. The Bertz CT molecular complexity index is 7110. The van der Waals surface area contributed by atoms with E-state index in [1.54, 1.807) is 313 Å². The van der Waals surface area contributed by atoms with E-state index in [1.165, 1.54) is 0 Å². The van der Waals surface area contributed by atoms with Crippen LogP contribution in [0.3, 0.4) is 0 Å². The first-order valence-electron chi connectivity index (χ1n) is 25.5. The van der Waals surface area contributed by atoms with Gasteiger partial charge in [-0.05, 0) is 319 Å². The Balaban J connectivity index is 1.24. The molecular formula is C67H6O. The maximum atomic E-state index is 15.9. The number of hydrogen-bond acceptors (Lipinski definition) is 1. The minimum Gasteiger partial charge on any atom is -0.294 e. The highest BCUT2D eigenvalue weighted by Gasteiger charge is 2.75. The third-order valence-corrected chi connectivity index (χ3v) is 25.7. The first kappa shape index (κ1) is 24.4. The van der Waals surface area contributed by atoms with E-state index in [0.717, 1.165) is 0 Å². The first-order valence-corrected chi connectivity index (χ1v) is 25.5. The SMILES string of the molecule is O=C1C=C[C@H]2C=C[C@@H]1C13c4c5c6c7c8c9c(c%10c%11c1c1c4c4c%12c5c5c6c6c8c8c%13c9c9c%10c%10c%11c%11c1c1c4c4c%12c%12c5c5c6c8c6c8c%13c9c9c%10c%10c%11c1c1c4c4c%12c5c6c5c8c9c%10c1c45)C723. The smallest absolute Gasteiger partial charge is 0.163 e. The van der Waals surface area contributed by atoms with Gasteiger partial charge in [-0.3, -0.25) is 4.79 Å². The van der Waals surface area contributed by atoms with Gasteiger partial charge in [-0.2, -0.15) is 0 Å². The number of allylic oxidation sites excluding steroid dienone is 4. The minimum atomic E-state index is -0.543. The molecule has 0 N–H and O–H groups in total. The Morgan fingerprint density at radius 3 is 0.588 bits per heavy atom. The van der Waals surface area contributed by atoms with Gasteiger partial charge >= 0.3 is 0 Å². The highest BCUT2D eigenvalue weighted by molar-refractivity contribution is 6.82. The molecule has 35 rings (SSSR count). The number of carbonyl (C=O) groups is 1. The van der Waals surface area contributed by atoms with Crippen molar-refractivity contribution < 1.29 is 4.79 Å². The quantitative estimate of drug-likeness (QED) is 0.110. The lowest BCUT2D eigenvalue weighted by Gasteiger charge is -2.60. The molecule has 0 unspecified atom stereocenters. The van der Waals surface area contributed by atoms with Gasteiger partial charge in [0.2, 0.25) is 0 Å². The molecule has 2 spiro atoms. The summed E-state index contributed by atoms with van der Waals surface area (Å²) < 4.78 is 0. The van der Waals surface area contributed by atoms with Gasteiger partial charge in [0.05, 0.1) is 11.3 Å². The van der Waals surface area contributed by atoms with E-state index in [4.69, 9.17) is 0 Å². The highest BCUT2D eigenvalue weighted by Crippen LogP contribution is 2.87. The van der Waals surface area contributed by atoms with Crippen LogP contribution in [0.4, 0.5) is 0 Å². The summed E-state index contributed by atoms with van der Waals surface area (Å²) in [6.07, 6.45) is 9.63. The molecule has 7 aliphatic rings. The molecule has 280 valence electrons. The van der Waals surface area contributed by atoms with Crippen LogP contribution in [0.15, 0.2) is 24.3 Å². The molecule has 0 radical (unpaired) electrons. The summed E-state index contributed by atoms with van der Waals surface area (Å²) in [4.78, 5) is 15.9. The summed E-state index contributed by atoms with van der Waals surface area (Å²) in [6.45, 7) is 0. The molecule has 28 aromatic carbocycles. The van der Waals surface area contributed by atoms with Crippen LogP contribution in [0.5, 0.6) is 0 Å². The van der Waals surface area contributed by atoms with Crippen LogP contribution >= 0.6 is 0 Å². The lowest BCUT2D eigenvalue weighted by Crippen LogP contribution is -2.61. The molecule has 0 heterocycles. The standard InChI is InChI=1S/C67H6O/c68-7-4-2-5-1-3-6(7)67-64-58-52-42-34-24-16-12-9-8-10-14(16)22-30(24)44(52)50-40-32(22)26-18(10)19-11(8)15-17-13(9)21-20(12)28(34)38-39-29(21)35-25(17)31-23(15)33-27(19)37-36(26)46(40)54-55-47(37)41(33)51-45(31)53-43(35)49(39)61(60(64)48(38)42)65(67)59(53)57(51)63(55)66(5,67)62(54)56(50)58/h1-6H/t5-,6+,66?,67?/m1/s1. The predicted octanol–water partition coefficient (Wildman–Crippen LogP) is 17.2. The lowest BCUT2D eigenvalue weighted by atomic mass is 9.40. The van der Waals surface area contributed by atoms with Crippen LogP contribution in [0.25, 0.3) is 291 Å². The zero-order chi connectivity index (χ0) is 40.0. The molecule has 0 aliphatic heterocycles. The van der Waals surface area contributed by atoms with Gasteiger partial charge in [0.15, 0.2) is 5.78 Å². The number of hydrogen-bond donors (Lipinski definition) is 0. The summed E-state index contributed by atoms with van der Waals surface area (Å²) in [5, 5.41) is 87.3. The van der Waals surface area contributed by atoms with E-state index >= 15 is 4.79 Å². The maximum absolute atomic E-state index is 15.9. The van der Waals surface area contributed by atoms with E-state index in [2.05, 4.69) is 24.3 Å². The van der Waals surface area contributed by atoms with Gasteiger partial charge in [0.1, 0.15) is 0 Å². The Hall–Kier alpha value is -8.39. The summed E-state index contributed by atoms with van der Waals surface area (Å²) in [7, 11) is 0. The van der Waals surface area contributed by atoms with Crippen molar-refractivity contribution in [3.8, 4) is 0 Å². The van der Waals surface area contributed by atoms with Crippen molar-refractivity contribution in [1.29, 1.82) is 0 Å². The molecular weight excluding hydrogens is 821 g/mol. The van der Waals surface area contributed by atoms with Crippen LogP contribution in [-0.4, -0.2) is 5.78 Å². The van der Waals surface area contributed by atoms with Crippen molar-refractivity contribution in [3.05, 3.63) is 46.6 Å². The van der Waals surface area contributed by atoms with Gasteiger partial charge in [0.25, 0.3) is 0 Å². The normalized spacial score (nSPS) is 25.7. The molecule has 0 aromatic heterocycles. The summed E-state index contributed by atoms with van der Waals surface area (Å²) in [5.41, 5.74) is 5.55. The van der Waals surface area contributed by atoms with E-state index in [-0.39, 0.29) is 11.8 Å². The number of fused-ring (bicyclic) bond motifs is 1. The molecule has 0 saturated heterocycles. The number of ketones is 1. The van der Waals surface area contributed by atoms with Gasteiger partial charge in [-0.1, -0.05) is 18.2 Å². The fourth-order valence-corrected chi connectivity index (χ4v) is 25.9. The summed E-state index contributed by atoms with van der Waals surface area (Å²) >= 11 is 0. The fourth-order valence-electron chi connectivity index (χ4n) is 25.9. The van der Waals surface area contributed by atoms with Gasteiger partial charge in [0, 0.05) is 11.3 Å². The van der Waals surface area contributed by atoms with Crippen molar-refractivity contribution in [3.63, 3.8) is 0 Å². The molecule has 2 bridgehead atoms. The first-order chi connectivity index (χ1) is 33.9. The highest BCUT2D eigenvalue weighted by atomic mass is 16.1. The van der Waals surface area contributed by atoms with Crippen LogP contribution in [-0.2, 0) is 15.6 Å². The Kier molecular flexibility index (Phi) is 1.92. The van der Waals surface area contributed by atoms with Crippen LogP contribution in [0.2, 0.25) is 0 Å². The monoisotopic (exact) mass is 826 g/mol. The zero-order valence-electron chi connectivity index (χ0n) is 34.4. The molecule has 0 fully saturated rings. The average molecular weight is 827 g/mol. The summed E-state index contributed by atoms with van der Waals surface area (Å²) in [5.74, 6) is 0.132. The summed E-state index contributed by atoms with van der Waals surface area (Å²) in [6, 6.07) is 0. The number of carbonyl (C=O) groups excluding carboxylic acids is 1. The van der Waals surface area contributed by atoms with Gasteiger partial charge in [-0.25, -0.2) is 0 Å². The number of rotatable bonds is 0. The van der Waals surface area contributed by atoms with Crippen molar-refractivity contribution in [2.75, 3.05) is 0 Å². The Morgan fingerprint density at radius 2 is 0.382 bits per heavy atom. The van der Waals surface area contributed by atoms with E-state index < -0.39 is 10.8 Å². The molecule has 1 nitrogen and oxygen atoms in total. The van der Waals surface area contributed by atoms with Crippen LogP contribution in [0.1, 0.15) is 22.3 Å². The minimum absolute atomic E-state index is 0.0703.